The smallest absolute Gasteiger partial charge is 0.152 e. The number of hydrogen-bond acceptors (Lipinski definition) is 3. The molecule has 0 saturated heterocycles. The zero-order valence-electron chi connectivity index (χ0n) is 11.3. The molecule has 0 aliphatic heterocycles. The molecular formula is C14H22N2O2. The quantitative estimate of drug-likeness (QED) is 0.353. The van der Waals surface area contributed by atoms with E-state index in [0.717, 1.165) is 30.8 Å². The van der Waals surface area contributed by atoms with E-state index < -0.39 is 0 Å². The van der Waals surface area contributed by atoms with E-state index in [9.17, 15) is 0 Å². The molecule has 0 aliphatic carbocycles. The summed E-state index contributed by atoms with van der Waals surface area (Å²) in [5.41, 5.74) is 2.97. The molecular weight excluding hydrogens is 228 g/mol. The maximum Gasteiger partial charge on any atom is 0.152 e. The van der Waals surface area contributed by atoms with E-state index in [0.29, 0.717) is 5.84 Å². The molecule has 0 amide bonds. The maximum atomic E-state index is 9.06. The van der Waals surface area contributed by atoms with E-state index in [-0.39, 0.29) is 6.04 Å². The molecule has 0 aliphatic rings. The van der Waals surface area contributed by atoms with Crippen molar-refractivity contribution in [2.75, 3.05) is 6.61 Å². The Morgan fingerprint density at radius 3 is 2.50 bits per heavy atom. The standard InChI is InChI=1S/C14H22N2O2/c1-4-5-10-18-13-8-6-12(7-9-13)14(16-17)15-11(2)3/h6-9,11,17H,4-5,10H2,1-3H3,(H,15,16). The van der Waals surface area contributed by atoms with Crippen molar-refractivity contribution >= 4 is 5.84 Å². The van der Waals surface area contributed by atoms with Gasteiger partial charge in [0.2, 0.25) is 0 Å². The van der Waals surface area contributed by atoms with Gasteiger partial charge in [-0.2, -0.15) is 0 Å². The average Bonchev–Trinajstić information content (AvgIpc) is 2.37. The third kappa shape index (κ3) is 4.75. The second-order valence-corrected chi connectivity index (χ2v) is 4.41. The second kappa shape index (κ2) is 7.71. The van der Waals surface area contributed by atoms with Crippen LogP contribution in [0.5, 0.6) is 5.75 Å². The normalized spacial score (nSPS) is 11.7. The van der Waals surface area contributed by atoms with Crippen LogP contribution >= 0.6 is 0 Å². The van der Waals surface area contributed by atoms with Crippen LogP contribution in [0, 0.1) is 0 Å². The first-order chi connectivity index (χ1) is 8.67. The lowest BCUT2D eigenvalue weighted by Gasteiger charge is -2.09. The Bertz CT molecular complexity index is 372. The molecule has 0 aromatic heterocycles. The first kappa shape index (κ1) is 14.5. The number of hydrogen-bond donors (Lipinski definition) is 2. The lowest BCUT2D eigenvalue weighted by molar-refractivity contribution is 0.234. The van der Waals surface area contributed by atoms with Crippen molar-refractivity contribution in [3.8, 4) is 5.75 Å². The molecule has 0 saturated carbocycles. The minimum absolute atomic E-state index is 0.125. The molecule has 18 heavy (non-hydrogen) atoms. The summed E-state index contributed by atoms with van der Waals surface area (Å²) >= 11 is 0. The highest BCUT2D eigenvalue weighted by atomic mass is 16.5. The van der Waals surface area contributed by atoms with Gasteiger partial charge in [-0.3, -0.25) is 15.7 Å². The molecule has 100 valence electrons. The Morgan fingerprint density at radius 2 is 2.00 bits per heavy atom. The van der Waals surface area contributed by atoms with Crippen molar-refractivity contribution in [1.29, 1.82) is 0 Å². The number of nitrogens with one attached hydrogen (secondary N) is 1. The lowest BCUT2D eigenvalue weighted by Crippen LogP contribution is -2.21. The molecule has 0 heterocycles. The van der Waals surface area contributed by atoms with E-state index in [1.165, 1.54) is 0 Å². The van der Waals surface area contributed by atoms with Crippen molar-refractivity contribution in [2.24, 2.45) is 4.99 Å². The third-order valence-corrected chi connectivity index (χ3v) is 2.39. The number of unbranched alkanes of at least 4 members (excludes halogenated alkanes) is 1. The summed E-state index contributed by atoms with van der Waals surface area (Å²) in [6.07, 6.45) is 2.18. The van der Waals surface area contributed by atoms with Gasteiger partial charge in [0, 0.05) is 11.6 Å². The molecule has 4 nitrogen and oxygen atoms in total. The van der Waals surface area contributed by atoms with Gasteiger partial charge in [0.05, 0.1) is 6.61 Å². The first-order valence-electron chi connectivity index (χ1n) is 6.38. The Hall–Kier alpha value is -1.55. The molecule has 1 aromatic carbocycles. The monoisotopic (exact) mass is 250 g/mol. The maximum absolute atomic E-state index is 9.06. The Balaban J connectivity index is 2.69. The van der Waals surface area contributed by atoms with Crippen LogP contribution in [0.15, 0.2) is 29.3 Å². The predicted molar refractivity (Wildman–Crippen MR) is 73.4 cm³/mol. The van der Waals surface area contributed by atoms with E-state index in [4.69, 9.17) is 9.94 Å². The highest BCUT2D eigenvalue weighted by molar-refractivity contribution is 5.98. The van der Waals surface area contributed by atoms with Crippen LogP contribution in [-0.2, 0) is 0 Å². The van der Waals surface area contributed by atoms with Gasteiger partial charge in [-0.25, -0.2) is 0 Å². The number of ether oxygens (including phenoxy) is 1. The highest BCUT2D eigenvalue weighted by Gasteiger charge is 2.03. The number of amidine groups is 1. The molecule has 4 heteroatoms. The molecule has 1 rings (SSSR count). The van der Waals surface area contributed by atoms with Gasteiger partial charge in [-0.15, -0.1) is 0 Å². The molecule has 0 unspecified atom stereocenters. The van der Waals surface area contributed by atoms with Crippen molar-refractivity contribution in [1.82, 2.24) is 5.48 Å². The topological polar surface area (TPSA) is 53.8 Å². The summed E-state index contributed by atoms with van der Waals surface area (Å²) in [6, 6.07) is 7.66. The molecule has 0 atom stereocenters. The van der Waals surface area contributed by atoms with E-state index in [2.05, 4.69) is 17.4 Å². The lowest BCUT2D eigenvalue weighted by atomic mass is 10.2. The summed E-state index contributed by atoms with van der Waals surface area (Å²) in [6.45, 7) is 6.79. The van der Waals surface area contributed by atoms with E-state index in [1.54, 1.807) is 0 Å². The highest BCUT2D eigenvalue weighted by Crippen LogP contribution is 2.13. The van der Waals surface area contributed by atoms with Gasteiger partial charge in [0.1, 0.15) is 5.75 Å². The van der Waals surface area contributed by atoms with Gasteiger partial charge in [-0.1, -0.05) is 13.3 Å². The molecule has 0 bridgehead atoms. The summed E-state index contributed by atoms with van der Waals surface area (Å²) in [7, 11) is 0. The summed E-state index contributed by atoms with van der Waals surface area (Å²) < 4.78 is 5.57. The van der Waals surface area contributed by atoms with Crippen LogP contribution < -0.4 is 10.2 Å². The molecule has 0 fully saturated rings. The summed E-state index contributed by atoms with van der Waals surface area (Å²) in [5, 5.41) is 9.06. The number of aliphatic imine (C=N–C) groups is 1. The molecule has 0 spiro atoms. The fourth-order valence-corrected chi connectivity index (χ4v) is 1.47. The Morgan fingerprint density at radius 1 is 1.33 bits per heavy atom. The fourth-order valence-electron chi connectivity index (χ4n) is 1.47. The largest absolute Gasteiger partial charge is 0.494 e. The van der Waals surface area contributed by atoms with Crippen molar-refractivity contribution in [3.05, 3.63) is 29.8 Å². The SMILES string of the molecule is CCCCOc1ccc(C(=NC(C)C)NO)cc1. The van der Waals surface area contributed by atoms with Crippen LogP contribution in [0.1, 0.15) is 39.2 Å². The van der Waals surface area contributed by atoms with Crippen LogP contribution in [0.25, 0.3) is 0 Å². The molecule has 1 aromatic rings. The summed E-state index contributed by atoms with van der Waals surface area (Å²) in [4.78, 5) is 4.29. The van der Waals surface area contributed by atoms with Crippen molar-refractivity contribution in [3.63, 3.8) is 0 Å². The van der Waals surface area contributed by atoms with Crippen molar-refractivity contribution < 1.29 is 9.94 Å². The number of nitrogens with zero attached hydrogens (tertiary/aromatic N) is 1. The van der Waals surface area contributed by atoms with Gasteiger partial charge in [0.25, 0.3) is 0 Å². The third-order valence-electron chi connectivity index (χ3n) is 2.39. The van der Waals surface area contributed by atoms with Gasteiger partial charge in [-0.05, 0) is 44.5 Å². The van der Waals surface area contributed by atoms with Gasteiger partial charge < -0.3 is 4.74 Å². The van der Waals surface area contributed by atoms with Crippen LogP contribution in [0.3, 0.4) is 0 Å². The number of rotatable bonds is 6. The first-order valence-corrected chi connectivity index (χ1v) is 6.38. The average molecular weight is 250 g/mol. The minimum Gasteiger partial charge on any atom is -0.494 e. The Labute approximate surface area is 109 Å². The second-order valence-electron chi connectivity index (χ2n) is 4.41. The van der Waals surface area contributed by atoms with Gasteiger partial charge >= 0.3 is 0 Å². The summed E-state index contributed by atoms with van der Waals surface area (Å²) in [5.74, 6) is 1.32. The fraction of sp³-hybridized carbons (Fsp3) is 0.500. The zero-order valence-corrected chi connectivity index (χ0v) is 11.3. The molecule has 0 radical (unpaired) electrons. The van der Waals surface area contributed by atoms with E-state index in [1.807, 2.05) is 38.1 Å². The van der Waals surface area contributed by atoms with Crippen molar-refractivity contribution in [2.45, 2.75) is 39.7 Å². The van der Waals surface area contributed by atoms with E-state index >= 15 is 0 Å². The number of benzene rings is 1. The predicted octanol–water partition coefficient (Wildman–Crippen LogP) is 3.00. The molecule has 2 N–H and O–H groups in total. The van der Waals surface area contributed by atoms with Gasteiger partial charge in [0.15, 0.2) is 5.84 Å². The van der Waals surface area contributed by atoms with Crippen LogP contribution in [0.4, 0.5) is 0 Å². The van der Waals surface area contributed by atoms with Crippen LogP contribution in [-0.4, -0.2) is 23.7 Å². The zero-order chi connectivity index (χ0) is 13.4. The van der Waals surface area contributed by atoms with Crippen LogP contribution in [0.2, 0.25) is 0 Å². The Kier molecular flexibility index (Phi) is 6.22. The number of hydroxylamine groups is 1. The minimum atomic E-state index is 0.125.